The molecule has 2 rings (SSSR count). The Morgan fingerprint density at radius 3 is 2.18 bits per heavy atom. The number of nitrogens with one attached hydrogen (secondary N) is 3. The maximum absolute atomic E-state index is 12.0. The highest BCUT2D eigenvalue weighted by Gasteiger charge is 2.22. The van der Waals surface area contributed by atoms with Gasteiger partial charge in [-0.05, 0) is 55.9 Å². The van der Waals surface area contributed by atoms with Gasteiger partial charge >= 0.3 is 6.03 Å². The molecule has 0 spiro atoms. The summed E-state index contributed by atoms with van der Waals surface area (Å²) in [5.74, 6) is 1.43. The molecule has 1 aliphatic rings. The second-order valence-corrected chi connectivity index (χ2v) is 8.19. The maximum atomic E-state index is 12.0. The highest BCUT2D eigenvalue weighted by Crippen LogP contribution is 2.28. The van der Waals surface area contributed by atoms with Gasteiger partial charge in [-0.25, -0.2) is 4.79 Å². The summed E-state index contributed by atoms with van der Waals surface area (Å²) in [6.45, 7) is 6.31. The summed E-state index contributed by atoms with van der Waals surface area (Å²) in [7, 11) is 0. The summed E-state index contributed by atoms with van der Waals surface area (Å²) in [5.41, 5.74) is 1.23. The van der Waals surface area contributed by atoms with Gasteiger partial charge in [0.2, 0.25) is 5.91 Å². The Kier molecular flexibility index (Phi) is 9.87. The highest BCUT2D eigenvalue weighted by atomic mass is 16.2. The first-order valence-corrected chi connectivity index (χ1v) is 10.9. The van der Waals surface area contributed by atoms with Gasteiger partial charge in [-0.15, -0.1) is 0 Å². The first kappa shape index (κ1) is 22.3. The summed E-state index contributed by atoms with van der Waals surface area (Å²) in [6.07, 6.45) is 7.35. The third-order valence-electron chi connectivity index (χ3n) is 5.79. The maximum Gasteiger partial charge on any atom is 0.314 e. The molecule has 1 atom stereocenters. The van der Waals surface area contributed by atoms with Gasteiger partial charge in [0.15, 0.2) is 0 Å². The van der Waals surface area contributed by atoms with Crippen LogP contribution in [0, 0.1) is 17.8 Å². The van der Waals surface area contributed by atoms with E-state index in [0.717, 1.165) is 58.0 Å². The van der Waals surface area contributed by atoms with Crippen LogP contribution in [0.1, 0.15) is 57.9 Å². The SMILES string of the molecule is CCCC(C)C(=O)NCC1CCC(CNC(=O)NCCc2ccccc2)CC1. The number of benzene rings is 1. The van der Waals surface area contributed by atoms with E-state index in [9.17, 15) is 9.59 Å². The summed E-state index contributed by atoms with van der Waals surface area (Å²) in [4.78, 5) is 24.0. The summed E-state index contributed by atoms with van der Waals surface area (Å²) in [5, 5.41) is 9.07. The van der Waals surface area contributed by atoms with Crippen LogP contribution in [0.5, 0.6) is 0 Å². The molecule has 0 heterocycles. The van der Waals surface area contributed by atoms with Crippen molar-refractivity contribution < 1.29 is 9.59 Å². The Bertz CT molecular complexity index is 583. The number of amides is 3. The monoisotopic (exact) mass is 387 g/mol. The van der Waals surface area contributed by atoms with Gasteiger partial charge < -0.3 is 16.0 Å². The van der Waals surface area contributed by atoms with Gasteiger partial charge in [-0.3, -0.25) is 4.79 Å². The lowest BCUT2D eigenvalue weighted by Gasteiger charge is -2.29. The van der Waals surface area contributed by atoms with Gasteiger partial charge in [0.1, 0.15) is 0 Å². The average Bonchev–Trinajstić information content (AvgIpc) is 2.72. The van der Waals surface area contributed by atoms with E-state index >= 15 is 0 Å². The largest absolute Gasteiger partial charge is 0.356 e. The molecule has 1 aromatic carbocycles. The zero-order valence-electron chi connectivity index (χ0n) is 17.5. The summed E-state index contributed by atoms with van der Waals surface area (Å²) >= 11 is 0. The quantitative estimate of drug-likeness (QED) is 0.570. The van der Waals surface area contributed by atoms with E-state index < -0.39 is 0 Å². The molecule has 156 valence electrons. The van der Waals surface area contributed by atoms with Crippen molar-refractivity contribution in [1.29, 1.82) is 0 Å². The van der Waals surface area contributed by atoms with E-state index in [-0.39, 0.29) is 17.9 Å². The molecule has 0 aromatic heterocycles. The summed E-state index contributed by atoms with van der Waals surface area (Å²) in [6, 6.07) is 10.1. The van der Waals surface area contributed by atoms with Crippen molar-refractivity contribution in [3.63, 3.8) is 0 Å². The molecule has 5 nitrogen and oxygen atoms in total. The number of urea groups is 1. The van der Waals surface area contributed by atoms with Crippen LogP contribution < -0.4 is 16.0 Å². The van der Waals surface area contributed by atoms with Crippen molar-refractivity contribution in [3.8, 4) is 0 Å². The number of hydrogen-bond donors (Lipinski definition) is 3. The lowest BCUT2D eigenvalue weighted by molar-refractivity contribution is -0.124. The molecule has 0 aliphatic heterocycles. The third-order valence-corrected chi connectivity index (χ3v) is 5.79. The third kappa shape index (κ3) is 8.32. The standard InChI is InChI=1S/C23H37N3O2/c1-3-7-18(2)22(27)25-16-20-10-12-21(13-11-20)17-26-23(28)24-15-14-19-8-5-4-6-9-19/h4-6,8-9,18,20-21H,3,7,10-17H2,1-2H3,(H,25,27)(H2,24,26,28). The van der Waals surface area contributed by atoms with Crippen LogP contribution in [-0.4, -0.2) is 31.6 Å². The number of hydrogen-bond acceptors (Lipinski definition) is 2. The van der Waals surface area contributed by atoms with Crippen LogP contribution in [0.4, 0.5) is 4.79 Å². The molecule has 0 radical (unpaired) electrons. The molecule has 5 heteroatoms. The van der Waals surface area contributed by atoms with Gasteiger partial charge in [0.05, 0.1) is 0 Å². The Morgan fingerprint density at radius 2 is 1.57 bits per heavy atom. The molecular weight excluding hydrogens is 350 g/mol. The molecule has 1 aromatic rings. The van der Waals surface area contributed by atoms with E-state index in [0.29, 0.717) is 18.4 Å². The Labute approximate surface area is 170 Å². The Hall–Kier alpha value is -2.04. The molecule has 1 fully saturated rings. The minimum Gasteiger partial charge on any atom is -0.356 e. The van der Waals surface area contributed by atoms with Crippen molar-refractivity contribution in [2.24, 2.45) is 17.8 Å². The van der Waals surface area contributed by atoms with Crippen molar-refractivity contribution in [3.05, 3.63) is 35.9 Å². The topological polar surface area (TPSA) is 70.2 Å². The fraction of sp³-hybridized carbons (Fsp3) is 0.652. The van der Waals surface area contributed by atoms with E-state index in [4.69, 9.17) is 0 Å². The molecule has 1 unspecified atom stereocenters. The Morgan fingerprint density at radius 1 is 0.964 bits per heavy atom. The van der Waals surface area contributed by atoms with Crippen LogP contribution >= 0.6 is 0 Å². The fourth-order valence-electron chi connectivity index (χ4n) is 3.89. The minimum absolute atomic E-state index is 0.0739. The van der Waals surface area contributed by atoms with Crippen molar-refractivity contribution in [1.82, 2.24) is 16.0 Å². The van der Waals surface area contributed by atoms with Crippen LogP contribution in [0.15, 0.2) is 30.3 Å². The smallest absolute Gasteiger partial charge is 0.314 e. The number of rotatable bonds is 10. The normalized spacial score (nSPS) is 20.2. The van der Waals surface area contributed by atoms with Crippen molar-refractivity contribution in [2.45, 2.75) is 58.8 Å². The average molecular weight is 388 g/mol. The highest BCUT2D eigenvalue weighted by molar-refractivity contribution is 5.78. The molecule has 3 N–H and O–H groups in total. The van der Waals surface area contributed by atoms with E-state index in [2.05, 4.69) is 35.0 Å². The molecule has 1 aliphatic carbocycles. The van der Waals surface area contributed by atoms with Crippen LogP contribution in [0.25, 0.3) is 0 Å². The molecule has 3 amide bonds. The zero-order valence-corrected chi connectivity index (χ0v) is 17.5. The molecular formula is C23H37N3O2. The summed E-state index contributed by atoms with van der Waals surface area (Å²) < 4.78 is 0. The van der Waals surface area contributed by atoms with Gasteiger partial charge in [-0.1, -0.05) is 50.6 Å². The van der Waals surface area contributed by atoms with E-state index in [1.54, 1.807) is 0 Å². The lowest BCUT2D eigenvalue weighted by atomic mass is 9.82. The van der Waals surface area contributed by atoms with Gasteiger partial charge in [-0.2, -0.15) is 0 Å². The Balaban J connectivity index is 1.53. The second kappa shape index (κ2) is 12.4. The predicted octanol–water partition coefficient (Wildman–Crippen LogP) is 3.89. The van der Waals surface area contributed by atoms with E-state index in [1.165, 1.54) is 5.56 Å². The van der Waals surface area contributed by atoms with Crippen LogP contribution in [-0.2, 0) is 11.2 Å². The van der Waals surface area contributed by atoms with Gasteiger partial charge in [0.25, 0.3) is 0 Å². The van der Waals surface area contributed by atoms with Crippen LogP contribution in [0.3, 0.4) is 0 Å². The second-order valence-electron chi connectivity index (χ2n) is 8.19. The molecule has 0 saturated heterocycles. The number of carbonyl (C=O) groups excluding carboxylic acids is 2. The molecule has 28 heavy (non-hydrogen) atoms. The lowest BCUT2D eigenvalue weighted by Crippen LogP contribution is -2.40. The van der Waals surface area contributed by atoms with Crippen LogP contribution in [0.2, 0.25) is 0 Å². The zero-order chi connectivity index (χ0) is 20.2. The first-order valence-electron chi connectivity index (χ1n) is 10.9. The van der Waals surface area contributed by atoms with Crippen molar-refractivity contribution in [2.75, 3.05) is 19.6 Å². The molecule has 1 saturated carbocycles. The van der Waals surface area contributed by atoms with E-state index in [1.807, 2.05) is 25.1 Å². The molecule has 0 bridgehead atoms. The minimum atomic E-state index is -0.0739. The predicted molar refractivity (Wildman–Crippen MR) is 114 cm³/mol. The van der Waals surface area contributed by atoms with Gasteiger partial charge in [0, 0.05) is 25.6 Å². The number of carbonyl (C=O) groups is 2. The fourth-order valence-corrected chi connectivity index (χ4v) is 3.89. The van der Waals surface area contributed by atoms with Crippen molar-refractivity contribution >= 4 is 11.9 Å². The first-order chi connectivity index (χ1) is 13.6.